The van der Waals surface area contributed by atoms with Crippen molar-refractivity contribution < 1.29 is 4.79 Å². The molecular weight excluding hydrogens is 268 g/mol. The van der Waals surface area contributed by atoms with Gasteiger partial charge in [0.2, 0.25) is 5.91 Å². The van der Waals surface area contributed by atoms with E-state index in [1.54, 1.807) is 11.3 Å². The number of nitrogens with one attached hydrogen (secondary N) is 1. The van der Waals surface area contributed by atoms with Gasteiger partial charge in [0.15, 0.2) is 0 Å². The van der Waals surface area contributed by atoms with Crippen LogP contribution in [0, 0.1) is 17.3 Å². The fourth-order valence-corrected chi connectivity index (χ4v) is 3.82. The van der Waals surface area contributed by atoms with Crippen molar-refractivity contribution in [3.05, 3.63) is 22.4 Å². The molecule has 0 aromatic carbocycles. The van der Waals surface area contributed by atoms with Gasteiger partial charge in [-0.05, 0) is 46.1 Å². The minimum Gasteiger partial charge on any atom is -0.321 e. The molecule has 1 amide bonds. The summed E-state index contributed by atoms with van der Waals surface area (Å²) in [5, 5.41) is 7.77. The molecule has 1 N–H and O–H groups in total. The molecule has 1 aromatic rings. The Morgan fingerprint density at radius 2 is 2.20 bits per heavy atom. The summed E-state index contributed by atoms with van der Waals surface area (Å²) in [5.74, 6) is 1.26. The highest BCUT2D eigenvalue weighted by Gasteiger charge is 2.50. The lowest BCUT2D eigenvalue weighted by Gasteiger charge is -2.24. The highest BCUT2D eigenvalue weighted by molar-refractivity contribution is 7.07. The number of thiophene rings is 1. The monoisotopic (exact) mass is 292 g/mol. The van der Waals surface area contributed by atoms with Crippen LogP contribution in [-0.2, 0) is 4.79 Å². The summed E-state index contributed by atoms with van der Waals surface area (Å²) < 4.78 is 0. The highest BCUT2D eigenvalue weighted by Crippen LogP contribution is 2.52. The number of nitrogens with zero attached hydrogens (tertiary/aromatic N) is 1. The van der Waals surface area contributed by atoms with E-state index in [2.05, 4.69) is 54.7 Å². The maximum atomic E-state index is 12.7. The molecule has 2 heterocycles. The van der Waals surface area contributed by atoms with Gasteiger partial charge in [0.25, 0.3) is 0 Å². The molecule has 2 aliphatic rings. The smallest absolute Gasteiger partial charge is 0.241 e. The van der Waals surface area contributed by atoms with Crippen molar-refractivity contribution in [2.24, 2.45) is 17.3 Å². The van der Waals surface area contributed by atoms with Gasteiger partial charge in [0, 0.05) is 6.54 Å². The van der Waals surface area contributed by atoms with Crippen molar-refractivity contribution in [3.8, 4) is 0 Å². The van der Waals surface area contributed by atoms with Gasteiger partial charge in [-0.1, -0.05) is 27.7 Å². The molecule has 1 aromatic heterocycles. The Hall–Kier alpha value is -0.870. The predicted octanol–water partition coefficient (Wildman–Crippen LogP) is 3.25. The molecule has 20 heavy (non-hydrogen) atoms. The summed E-state index contributed by atoms with van der Waals surface area (Å²) in [7, 11) is 0. The van der Waals surface area contributed by atoms with Crippen LogP contribution in [0.15, 0.2) is 16.8 Å². The van der Waals surface area contributed by atoms with Gasteiger partial charge in [-0.25, -0.2) is 0 Å². The van der Waals surface area contributed by atoms with Crippen molar-refractivity contribution in [1.29, 1.82) is 0 Å². The van der Waals surface area contributed by atoms with Crippen LogP contribution >= 0.6 is 11.3 Å². The first-order valence-corrected chi connectivity index (χ1v) is 8.43. The van der Waals surface area contributed by atoms with Gasteiger partial charge in [0.05, 0.1) is 6.04 Å². The first-order valence-electron chi connectivity index (χ1n) is 7.49. The molecule has 0 radical (unpaired) electrons. The molecule has 3 nitrogen and oxygen atoms in total. The molecule has 1 saturated carbocycles. The van der Waals surface area contributed by atoms with Crippen LogP contribution in [0.5, 0.6) is 0 Å². The summed E-state index contributed by atoms with van der Waals surface area (Å²) in [4.78, 5) is 14.8. The van der Waals surface area contributed by atoms with E-state index in [4.69, 9.17) is 0 Å². The third-order valence-corrected chi connectivity index (χ3v) is 5.56. The van der Waals surface area contributed by atoms with Crippen molar-refractivity contribution in [2.75, 3.05) is 6.54 Å². The molecule has 1 saturated heterocycles. The predicted molar refractivity (Wildman–Crippen MR) is 82.4 cm³/mol. The zero-order chi connectivity index (χ0) is 14.5. The van der Waals surface area contributed by atoms with E-state index in [1.807, 2.05) is 0 Å². The molecule has 110 valence electrons. The summed E-state index contributed by atoms with van der Waals surface area (Å²) in [5.41, 5.74) is 1.64. The zero-order valence-corrected chi connectivity index (χ0v) is 13.5. The van der Waals surface area contributed by atoms with Crippen molar-refractivity contribution >= 4 is 17.2 Å². The highest BCUT2D eigenvalue weighted by atomic mass is 32.1. The van der Waals surface area contributed by atoms with Gasteiger partial charge in [-0.3, -0.25) is 10.1 Å². The number of rotatable bonds is 4. The minimum atomic E-state index is -0.0400. The van der Waals surface area contributed by atoms with E-state index in [1.165, 1.54) is 12.0 Å². The number of amides is 1. The van der Waals surface area contributed by atoms with Gasteiger partial charge >= 0.3 is 0 Å². The van der Waals surface area contributed by atoms with E-state index in [0.717, 1.165) is 6.54 Å². The van der Waals surface area contributed by atoms with Crippen LogP contribution in [-0.4, -0.2) is 23.4 Å². The molecule has 3 unspecified atom stereocenters. The number of carbonyl (C=O) groups excluding carboxylic acids is 1. The number of carbonyl (C=O) groups is 1. The van der Waals surface area contributed by atoms with Crippen LogP contribution in [0.1, 0.15) is 45.8 Å². The quantitative estimate of drug-likeness (QED) is 0.924. The molecule has 1 aliphatic carbocycles. The van der Waals surface area contributed by atoms with Crippen LogP contribution in [0.25, 0.3) is 0 Å². The van der Waals surface area contributed by atoms with Crippen molar-refractivity contribution in [3.63, 3.8) is 0 Å². The summed E-state index contributed by atoms with van der Waals surface area (Å²) in [6, 6.07) is 2.09. The van der Waals surface area contributed by atoms with Crippen LogP contribution in [0.3, 0.4) is 0 Å². The molecule has 0 bridgehead atoms. The number of hydrogen-bond acceptors (Lipinski definition) is 3. The Balaban J connectivity index is 1.81. The van der Waals surface area contributed by atoms with Gasteiger partial charge in [-0.2, -0.15) is 11.3 Å². The maximum Gasteiger partial charge on any atom is 0.241 e. The normalized spacial score (nSPS) is 32.1. The van der Waals surface area contributed by atoms with Crippen molar-refractivity contribution in [2.45, 2.75) is 46.3 Å². The molecule has 1 aliphatic heterocycles. The Kier molecular flexibility index (Phi) is 3.41. The zero-order valence-electron chi connectivity index (χ0n) is 12.7. The van der Waals surface area contributed by atoms with Crippen LogP contribution in [0.4, 0.5) is 0 Å². The second kappa shape index (κ2) is 4.85. The topological polar surface area (TPSA) is 32.3 Å². The van der Waals surface area contributed by atoms with Gasteiger partial charge in [0.1, 0.15) is 6.17 Å². The second-order valence-electron chi connectivity index (χ2n) is 7.23. The number of hydrogen-bond donors (Lipinski definition) is 1. The Labute approximate surface area is 125 Å². The maximum absolute atomic E-state index is 12.7. The Bertz CT molecular complexity index is 495. The summed E-state index contributed by atoms with van der Waals surface area (Å²) in [6.07, 6.45) is 1.30. The lowest BCUT2D eigenvalue weighted by molar-refractivity contribution is -0.131. The van der Waals surface area contributed by atoms with E-state index < -0.39 is 0 Å². The molecular formula is C16H24N2OS. The van der Waals surface area contributed by atoms with E-state index in [9.17, 15) is 4.79 Å². The minimum absolute atomic E-state index is 0.0400. The third-order valence-electron chi connectivity index (χ3n) is 4.86. The van der Waals surface area contributed by atoms with E-state index >= 15 is 0 Å². The molecule has 3 rings (SSSR count). The van der Waals surface area contributed by atoms with E-state index in [0.29, 0.717) is 17.3 Å². The van der Waals surface area contributed by atoms with Gasteiger partial charge < -0.3 is 4.90 Å². The molecule has 4 heteroatoms. The largest absolute Gasteiger partial charge is 0.321 e. The second-order valence-corrected chi connectivity index (χ2v) is 8.01. The van der Waals surface area contributed by atoms with Crippen LogP contribution in [0.2, 0.25) is 0 Å². The summed E-state index contributed by atoms with van der Waals surface area (Å²) >= 11 is 1.70. The SMILES string of the molecule is CC(C)C1NC(c2ccsc2)N(CC2CC2(C)C)C1=O. The fraction of sp³-hybridized carbons (Fsp3) is 0.688. The lowest BCUT2D eigenvalue weighted by Crippen LogP contribution is -2.35. The average Bonchev–Trinajstić information content (AvgIpc) is 2.77. The standard InChI is InChI=1S/C16H24N2OS/c1-10(2)13-15(19)18(8-12-7-16(12,3)4)14(17-13)11-5-6-20-9-11/h5-6,9-10,12-14,17H,7-8H2,1-4H3. The van der Waals surface area contributed by atoms with E-state index in [-0.39, 0.29) is 18.1 Å². The van der Waals surface area contributed by atoms with Crippen molar-refractivity contribution in [1.82, 2.24) is 10.2 Å². The summed E-state index contributed by atoms with van der Waals surface area (Å²) in [6.45, 7) is 9.72. The fourth-order valence-electron chi connectivity index (χ4n) is 3.14. The molecule has 0 spiro atoms. The molecule has 2 fully saturated rings. The third kappa shape index (κ3) is 2.40. The average molecular weight is 292 g/mol. The first kappa shape index (κ1) is 14.1. The lowest BCUT2D eigenvalue weighted by atomic mass is 10.0. The van der Waals surface area contributed by atoms with Gasteiger partial charge in [-0.15, -0.1) is 0 Å². The molecule has 3 atom stereocenters. The first-order chi connectivity index (χ1) is 9.40. The Morgan fingerprint density at radius 1 is 1.50 bits per heavy atom. The van der Waals surface area contributed by atoms with Crippen LogP contribution < -0.4 is 5.32 Å². The Morgan fingerprint density at radius 3 is 2.70 bits per heavy atom.